The Balaban J connectivity index is 2.04. The highest BCUT2D eigenvalue weighted by atomic mass is 16.6. The van der Waals surface area contributed by atoms with Gasteiger partial charge in [0, 0.05) is 5.92 Å². The second kappa shape index (κ2) is 3.81. The van der Waals surface area contributed by atoms with Crippen molar-refractivity contribution in [3.05, 3.63) is 11.6 Å². The van der Waals surface area contributed by atoms with Gasteiger partial charge in [-0.25, -0.2) is 0 Å². The normalized spacial score (nSPS) is 50.4. The van der Waals surface area contributed by atoms with Crippen LogP contribution in [0, 0.1) is 22.7 Å². The molecule has 3 rings (SSSR count). The molecule has 0 unspecified atom stereocenters. The molecule has 1 heterocycles. The average molecular weight is 252 g/mol. The molecule has 2 fully saturated rings. The van der Waals surface area contributed by atoms with E-state index in [9.17, 15) is 10.2 Å². The molecule has 1 saturated carbocycles. The summed E-state index contributed by atoms with van der Waals surface area (Å²) in [6.07, 6.45) is 4.02. The van der Waals surface area contributed by atoms with Crippen molar-refractivity contribution in [1.82, 2.24) is 0 Å². The quantitative estimate of drug-likeness (QED) is 0.649. The molecule has 0 bridgehead atoms. The highest BCUT2D eigenvalue weighted by Gasteiger charge is 2.58. The number of fused-ring (bicyclic) bond motifs is 3. The Morgan fingerprint density at radius 2 is 1.94 bits per heavy atom. The smallest absolute Gasteiger partial charge is 0.162 e. The first-order valence-corrected chi connectivity index (χ1v) is 7.01. The number of rotatable bonds is 0. The minimum atomic E-state index is -0.690. The lowest BCUT2D eigenvalue weighted by molar-refractivity contribution is -0.156. The zero-order chi connectivity index (χ0) is 13.1. The first-order chi connectivity index (χ1) is 8.34. The Morgan fingerprint density at radius 1 is 1.22 bits per heavy atom. The van der Waals surface area contributed by atoms with Gasteiger partial charge in [-0.1, -0.05) is 26.8 Å². The summed E-state index contributed by atoms with van der Waals surface area (Å²) in [5.41, 5.74) is 1.32. The van der Waals surface area contributed by atoms with Crippen molar-refractivity contribution < 1.29 is 14.9 Å². The molecule has 3 nitrogen and oxygen atoms in total. The summed E-state index contributed by atoms with van der Waals surface area (Å²) >= 11 is 0. The molecule has 2 aliphatic carbocycles. The fourth-order valence-corrected chi connectivity index (χ4v) is 5.05. The SMILES string of the molecule is CC1(C)C[C@H](O)C[C@]2(C)[C@@H]3C(=CC[C@@H]12)CO[C@H]3O. The molecule has 2 N–H and O–H groups in total. The van der Waals surface area contributed by atoms with Crippen molar-refractivity contribution in [2.45, 2.75) is 52.4 Å². The van der Waals surface area contributed by atoms with Crippen LogP contribution in [-0.4, -0.2) is 29.2 Å². The maximum atomic E-state index is 10.2. The molecule has 1 saturated heterocycles. The van der Waals surface area contributed by atoms with E-state index in [1.54, 1.807) is 0 Å². The van der Waals surface area contributed by atoms with Gasteiger partial charge in [0.2, 0.25) is 0 Å². The van der Waals surface area contributed by atoms with Crippen molar-refractivity contribution in [3.8, 4) is 0 Å². The van der Waals surface area contributed by atoms with Gasteiger partial charge in [0.25, 0.3) is 0 Å². The summed E-state index contributed by atoms with van der Waals surface area (Å²) in [7, 11) is 0. The largest absolute Gasteiger partial charge is 0.393 e. The van der Waals surface area contributed by atoms with E-state index in [2.05, 4.69) is 26.8 Å². The fraction of sp³-hybridized carbons (Fsp3) is 0.867. The number of hydrogen-bond donors (Lipinski definition) is 2. The number of allylic oxidation sites excluding steroid dienone is 1. The fourth-order valence-electron chi connectivity index (χ4n) is 5.05. The van der Waals surface area contributed by atoms with Crippen molar-refractivity contribution in [2.24, 2.45) is 22.7 Å². The molecule has 0 amide bonds. The molecule has 0 aromatic heterocycles. The van der Waals surface area contributed by atoms with Gasteiger partial charge in [-0.3, -0.25) is 0 Å². The van der Waals surface area contributed by atoms with Crippen molar-refractivity contribution >= 4 is 0 Å². The van der Waals surface area contributed by atoms with E-state index < -0.39 is 6.29 Å². The summed E-state index contributed by atoms with van der Waals surface area (Å²) in [5, 5.41) is 20.4. The van der Waals surface area contributed by atoms with Gasteiger partial charge in [0.05, 0.1) is 12.7 Å². The third kappa shape index (κ3) is 1.60. The Hall–Kier alpha value is -0.380. The van der Waals surface area contributed by atoms with E-state index >= 15 is 0 Å². The summed E-state index contributed by atoms with van der Waals surface area (Å²) in [6.45, 7) is 7.29. The second-order valence-electron chi connectivity index (χ2n) is 7.30. The molecular formula is C15H24O3. The van der Waals surface area contributed by atoms with Crippen LogP contribution in [0.5, 0.6) is 0 Å². The minimum absolute atomic E-state index is 0.0405. The van der Waals surface area contributed by atoms with Gasteiger partial charge in [-0.2, -0.15) is 0 Å². The standard InChI is InChI=1S/C15H24O3/c1-14(2)6-10(16)7-15(3)11(14)5-4-9-8-18-13(17)12(9)15/h4,10-13,16-17H,5-8H2,1-3H3/t10-,11-,12+,13+,15-/m0/s1. The lowest BCUT2D eigenvalue weighted by Crippen LogP contribution is -2.53. The maximum absolute atomic E-state index is 10.2. The van der Waals surface area contributed by atoms with E-state index in [1.807, 2.05) is 0 Å². The van der Waals surface area contributed by atoms with Crippen LogP contribution < -0.4 is 0 Å². The Morgan fingerprint density at radius 3 is 2.67 bits per heavy atom. The second-order valence-corrected chi connectivity index (χ2v) is 7.30. The van der Waals surface area contributed by atoms with Gasteiger partial charge in [-0.15, -0.1) is 0 Å². The summed E-state index contributed by atoms with van der Waals surface area (Å²) in [4.78, 5) is 0. The van der Waals surface area contributed by atoms with E-state index in [0.717, 1.165) is 19.3 Å². The Labute approximate surface area is 109 Å². The maximum Gasteiger partial charge on any atom is 0.162 e. The van der Waals surface area contributed by atoms with Crippen molar-refractivity contribution in [3.63, 3.8) is 0 Å². The van der Waals surface area contributed by atoms with Crippen LogP contribution in [0.3, 0.4) is 0 Å². The van der Waals surface area contributed by atoms with E-state index in [0.29, 0.717) is 12.5 Å². The summed E-state index contributed by atoms with van der Waals surface area (Å²) in [6, 6.07) is 0. The lowest BCUT2D eigenvalue weighted by atomic mass is 9.48. The molecule has 0 radical (unpaired) electrons. The van der Waals surface area contributed by atoms with Crippen molar-refractivity contribution in [2.75, 3.05) is 6.61 Å². The lowest BCUT2D eigenvalue weighted by Gasteiger charge is -2.57. The molecule has 0 aromatic rings. The number of aliphatic hydroxyl groups excluding tert-OH is 2. The minimum Gasteiger partial charge on any atom is -0.393 e. The van der Waals surface area contributed by atoms with Gasteiger partial charge in [-0.05, 0) is 41.6 Å². The van der Waals surface area contributed by atoms with Gasteiger partial charge in [0.1, 0.15) is 0 Å². The molecule has 0 aromatic carbocycles. The van der Waals surface area contributed by atoms with E-state index in [1.165, 1.54) is 5.57 Å². The Bertz CT molecular complexity index is 387. The number of hydrogen-bond acceptors (Lipinski definition) is 3. The topological polar surface area (TPSA) is 49.7 Å². The Kier molecular flexibility index (Phi) is 2.68. The predicted molar refractivity (Wildman–Crippen MR) is 68.8 cm³/mol. The molecule has 102 valence electrons. The van der Waals surface area contributed by atoms with Crippen LogP contribution in [-0.2, 0) is 4.74 Å². The zero-order valence-electron chi connectivity index (χ0n) is 11.5. The van der Waals surface area contributed by atoms with Crippen LogP contribution in [0.15, 0.2) is 11.6 Å². The van der Waals surface area contributed by atoms with Crippen LogP contribution in [0.4, 0.5) is 0 Å². The van der Waals surface area contributed by atoms with Gasteiger partial charge < -0.3 is 14.9 Å². The first kappa shape index (κ1) is 12.6. The summed E-state index contributed by atoms with van der Waals surface area (Å²) < 4.78 is 5.42. The van der Waals surface area contributed by atoms with Crippen molar-refractivity contribution in [1.29, 1.82) is 0 Å². The zero-order valence-corrected chi connectivity index (χ0v) is 11.5. The third-order valence-electron chi connectivity index (χ3n) is 5.61. The van der Waals surface area contributed by atoms with Crippen LogP contribution >= 0.6 is 0 Å². The highest BCUT2D eigenvalue weighted by molar-refractivity contribution is 5.24. The summed E-state index contributed by atoms with van der Waals surface area (Å²) in [5.74, 6) is 0.587. The highest BCUT2D eigenvalue weighted by Crippen LogP contribution is 2.61. The predicted octanol–water partition coefficient (Wildman–Crippen LogP) is 2.08. The van der Waals surface area contributed by atoms with Gasteiger partial charge >= 0.3 is 0 Å². The average Bonchev–Trinajstić information content (AvgIpc) is 2.58. The molecular weight excluding hydrogens is 228 g/mol. The number of ether oxygens (including phenoxy) is 1. The molecule has 1 aliphatic heterocycles. The third-order valence-corrected chi connectivity index (χ3v) is 5.61. The van der Waals surface area contributed by atoms with Gasteiger partial charge in [0.15, 0.2) is 6.29 Å². The molecule has 3 aliphatic rings. The molecule has 0 spiro atoms. The van der Waals surface area contributed by atoms with Crippen LogP contribution in [0.25, 0.3) is 0 Å². The number of aliphatic hydroxyl groups is 2. The van der Waals surface area contributed by atoms with E-state index in [-0.39, 0.29) is 22.9 Å². The first-order valence-electron chi connectivity index (χ1n) is 7.01. The van der Waals surface area contributed by atoms with E-state index in [4.69, 9.17) is 4.74 Å². The molecule has 3 heteroatoms. The monoisotopic (exact) mass is 252 g/mol. The molecule has 18 heavy (non-hydrogen) atoms. The molecule has 5 atom stereocenters. The van der Waals surface area contributed by atoms with Crippen LogP contribution in [0.2, 0.25) is 0 Å². The van der Waals surface area contributed by atoms with Crippen LogP contribution in [0.1, 0.15) is 40.0 Å².